The molecule has 3 nitrogen and oxygen atoms in total. The normalized spacial score (nSPS) is 12.2. The first-order chi connectivity index (χ1) is 6.15. The average Bonchev–Trinajstić information content (AvgIpc) is 2.04. The van der Waals surface area contributed by atoms with Crippen molar-refractivity contribution in [1.82, 2.24) is 4.98 Å². The van der Waals surface area contributed by atoms with E-state index in [2.05, 4.69) is 27.6 Å². The Hall–Kier alpha value is -0.380. The van der Waals surface area contributed by atoms with Gasteiger partial charge in [-0.25, -0.2) is 4.98 Å². The Balaban J connectivity index is 2.96. The first-order valence-electron chi connectivity index (χ1n) is 3.58. The van der Waals surface area contributed by atoms with Gasteiger partial charge in [-0.15, -0.1) is 0 Å². The lowest BCUT2D eigenvalue weighted by Gasteiger charge is -2.09. The van der Waals surface area contributed by atoms with E-state index in [1.807, 2.05) is 6.07 Å². The fourth-order valence-electron chi connectivity index (χ4n) is 0.899. The molecule has 1 atom stereocenters. The Morgan fingerprint density at radius 3 is 3.00 bits per heavy atom. The van der Waals surface area contributed by atoms with Gasteiger partial charge in [-0.05, 0) is 28.7 Å². The van der Waals surface area contributed by atoms with E-state index >= 15 is 0 Å². The predicted molar refractivity (Wildman–Crippen MR) is 59.1 cm³/mol. The highest BCUT2D eigenvalue weighted by Crippen LogP contribution is 2.21. The van der Waals surface area contributed by atoms with E-state index in [-0.39, 0.29) is 6.04 Å². The van der Waals surface area contributed by atoms with E-state index in [1.165, 1.54) is 0 Å². The van der Waals surface area contributed by atoms with E-state index in [1.54, 1.807) is 12.3 Å². The van der Waals surface area contributed by atoms with E-state index in [4.69, 9.17) is 22.6 Å². The van der Waals surface area contributed by atoms with Crippen molar-refractivity contribution >= 4 is 34.2 Å². The zero-order valence-electron chi connectivity index (χ0n) is 6.67. The van der Waals surface area contributed by atoms with Crippen molar-refractivity contribution < 1.29 is 0 Å². The van der Waals surface area contributed by atoms with Crippen LogP contribution in [0.2, 0.25) is 5.15 Å². The second kappa shape index (κ2) is 4.74. The van der Waals surface area contributed by atoms with Gasteiger partial charge in [0.2, 0.25) is 0 Å². The standard InChI is InChI=1S/C8H7ClIN3/c9-8-3-6(10)5(4-13-8)7(12)1-2-11/h3-4,7H,1,12H2/t7-/m1/s1. The number of hydrogen-bond donors (Lipinski definition) is 1. The maximum absolute atomic E-state index is 8.46. The van der Waals surface area contributed by atoms with Crippen LogP contribution >= 0.6 is 34.2 Å². The van der Waals surface area contributed by atoms with Gasteiger partial charge in [-0.2, -0.15) is 5.26 Å². The van der Waals surface area contributed by atoms with Gasteiger partial charge >= 0.3 is 0 Å². The van der Waals surface area contributed by atoms with Crippen molar-refractivity contribution in [2.24, 2.45) is 5.73 Å². The molecule has 0 amide bonds. The summed E-state index contributed by atoms with van der Waals surface area (Å²) in [7, 11) is 0. The highest BCUT2D eigenvalue weighted by Gasteiger charge is 2.09. The summed E-state index contributed by atoms with van der Waals surface area (Å²) in [6.45, 7) is 0. The Kier molecular flexibility index (Phi) is 3.90. The summed E-state index contributed by atoms with van der Waals surface area (Å²) < 4.78 is 0.945. The van der Waals surface area contributed by atoms with Crippen molar-refractivity contribution in [3.63, 3.8) is 0 Å². The third-order valence-corrected chi connectivity index (χ3v) is 2.70. The molecule has 1 rings (SSSR count). The monoisotopic (exact) mass is 307 g/mol. The van der Waals surface area contributed by atoms with Crippen LogP contribution < -0.4 is 5.73 Å². The van der Waals surface area contributed by atoms with Gasteiger partial charge in [0.05, 0.1) is 12.5 Å². The molecule has 0 aliphatic carbocycles. The summed E-state index contributed by atoms with van der Waals surface area (Å²) in [6, 6.07) is 3.47. The molecule has 0 saturated heterocycles. The average molecular weight is 308 g/mol. The summed E-state index contributed by atoms with van der Waals surface area (Å²) in [4.78, 5) is 3.91. The Morgan fingerprint density at radius 2 is 2.46 bits per heavy atom. The Morgan fingerprint density at radius 1 is 1.77 bits per heavy atom. The highest BCUT2D eigenvalue weighted by molar-refractivity contribution is 14.1. The summed E-state index contributed by atoms with van der Waals surface area (Å²) in [5, 5.41) is 8.91. The number of halogens is 2. The molecule has 0 fully saturated rings. The fraction of sp³-hybridized carbons (Fsp3) is 0.250. The Labute approximate surface area is 95.0 Å². The molecule has 0 unspecified atom stereocenters. The molecule has 0 spiro atoms. The van der Waals surface area contributed by atoms with Gasteiger partial charge in [0.25, 0.3) is 0 Å². The van der Waals surface area contributed by atoms with Crippen molar-refractivity contribution in [2.75, 3.05) is 0 Å². The SMILES string of the molecule is N#CC[C@@H](N)c1cnc(Cl)cc1I. The zero-order chi connectivity index (χ0) is 9.84. The lowest BCUT2D eigenvalue weighted by Crippen LogP contribution is -2.11. The van der Waals surface area contributed by atoms with Crippen LogP contribution in [0.5, 0.6) is 0 Å². The minimum Gasteiger partial charge on any atom is -0.323 e. The van der Waals surface area contributed by atoms with Gasteiger partial charge in [-0.3, -0.25) is 0 Å². The number of rotatable bonds is 2. The second-order valence-corrected chi connectivity index (χ2v) is 4.05. The maximum atomic E-state index is 8.46. The molecule has 0 aliphatic rings. The van der Waals surface area contributed by atoms with Crippen LogP contribution in [0.15, 0.2) is 12.3 Å². The van der Waals surface area contributed by atoms with Crippen LogP contribution in [0.4, 0.5) is 0 Å². The van der Waals surface area contributed by atoms with Crippen LogP contribution in [0.25, 0.3) is 0 Å². The smallest absolute Gasteiger partial charge is 0.130 e. The first kappa shape index (κ1) is 10.7. The molecule has 0 bridgehead atoms. The first-order valence-corrected chi connectivity index (χ1v) is 5.04. The third kappa shape index (κ3) is 2.79. The molecule has 0 radical (unpaired) electrons. The molecule has 2 N–H and O–H groups in total. The van der Waals surface area contributed by atoms with Crippen LogP contribution in [-0.4, -0.2) is 4.98 Å². The quantitative estimate of drug-likeness (QED) is 0.673. The molecule has 5 heteroatoms. The third-order valence-electron chi connectivity index (χ3n) is 1.56. The fourth-order valence-corrected chi connectivity index (χ4v) is 2.08. The van der Waals surface area contributed by atoms with Gasteiger partial charge < -0.3 is 5.73 Å². The van der Waals surface area contributed by atoms with Gasteiger partial charge in [0.15, 0.2) is 0 Å². The minimum absolute atomic E-state index is 0.276. The van der Waals surface area contributed by atoms with Crippen molar-refractivity contribution in [3.8, 4) is 6.07 Å². The molecular weight excluding hydrogens is 300 g/mol. The summed E-state index contributed by atoms with van der Waals surface area (Å²) in [6.07, 6.45) is 1.91. The van der Waals surface area contributed by atoms with Crippen molar-refractivity contribution in [1.29, 1.82) is 5.26 Å². The molecule has 0 aromatic carbocycles. The number of pyridine rings is 1. The summed E-state index contributed by atoms with van der Waals surface area (Å²) in [5.74, 6) is 0. The molecule has 0 saturated carbocycles. The van der Waals surface area contributed by atoms with Crippen LogP contribution in [0, 0.1) is 14.9 Å². The molecule has 1 heterocycles. The van der Waals surface area contributed by atoms with E-state index in [9.17, 15) is 0 Å². The summed E-state index contributed by atoms with van der Waals surface area (Å²) in [5.41, 5.74) is 6.61. The topological polar surface area (TPSA) is 62.7 Å². The van der Waals surface area contributed by atoms with Crippen LogP contribution in [0.1, 0.15) is 18.0 Å². The van der Waals surface area contributed by atoms with Gasteiger partial charge in [0, 0.05) is 21.4 Å². The molecule has 1 aromatic rings. The molecule has 0 aliphatic heterocycles. The molecule has 68 valence electrons. The second-order valence-electron chi connectivity index (χ2n) is 2.50. The maximum Gasteiger partial charge on any atom is 0.130 e. The predicted octanol–water partition coefficient (Wildman–Crippen LogP) is 2.25. The van der Waals surface area contributed by atoms with Crippen molar-refractivity contribution in [3.05, 3.63) is 26.5 Å². The largest absolute Gasteiger partial charge is 0.323 e. The van der Waals surface area contributed by atoms with E-state index in [0.29, 0.717) is 11.6 Å². The number of nitrogens with zero attached hydrogens (tertiary/aromatic N) is 2. The highest BCUT2D eigenvalue weighted by atomic mass is 127. The molecule has 1 aromatic heterocycles. The zero-order valence-corrected chi connectivity index (χ0v) is 9.58. The molecular formula is C8H7ClIN3. The molecule has 13 heavy (non-hydrogen) atoms. The number of nitrogens with two attached hydrogens (primary N) is 1. The van der Waals surface area contributed by atoms with Crippen molar-refractivity contribution in [2.45, 2.75) is 12.5 Å². The van der Waals surface area contributed by atoms with E-state index < -0.39 is 0 Å². The Bertz CT molecular complexity index is 348. The van der Waals surface area contributed by atoms with Crippen LogP contribution in [0.3, 0.4) is 0 Å². The van der Waals surface area contributed by atoms with Gasteiger partial charge in [0.1, 0.15) is 5.15 Å². The number of nitriles is 1. The number of aromatic nitrogens is 1. The number of hydrogen-bond acceptors (Lipinski definition) is 3. The van der Waals surface area contributed by atoms with E-state index in [0.717, 1.165) is 9.13 Å². The lowest BCUT2D eigenvalue weighted by molar-refractivity contribution is 0.739. The lowest BCUT2D eigenvalue weighted by atomic mass is 10.1. The minimum atomic E-state index is -0.276. The van der Waals surface area contributed by atoms with Gasteiger partial charge in [-0.1, -0.05) is 11.6 Å². The van der Waals surface area contributed by atoms with Crippen LogP contribution in [-0.2, 0) is 0 Å². The summed E-state index contributed by atoms with van der Waals surface area (Å²) >= 11 is 7.80.